The molecule has 1 aliphatic rings. The molecule has 9 heteroatoms. The maximum Gasteiger partial charge on any atom is 0.426 e. The van der Waals surface area contributed by atoms with Gasteiger partial charge < -0.3 is 14.6 Å². The minimum Gasteiger partial charge on any atom is -0.496 e. The second-order valence-corrected chi connectivity index (χ2v) is 7.38. The molecule has 0 saturated carbocycles. The summed E-state index contributed by atoms with van der Waals surface area (Å²) in [6.07, 6.45) is -4.67. The molecular weight excluding hydrogens is 465 g/mol. The maximum atomic E-state index is 13.3. The van der Waals surface area contributed by atoms with Crippen LogP contribution in [-0.4, -0.2) is 30.5 Å². The number of rotatable bonds is 3. The van der Waals surface area contributed by atoms with Gasteiger partial charge in [0.1, 0.15) is 17.4 Å². The van der Waals surface area contributed by atoms with Crippen molar-refractivity contribution < 1.29 is 32.5 Å². The van der Waals surface area contributed by atoms with Crippen molar-refractivity contribution in [2.45, 2.75) is 12.3 Å². The van der Waals surface area contributed by atoms with Crippen molar-refractivity contribution in [2.24, 2.45) is 5.92 Å². The number of methoxy groups -OCH3 is 1. The highest BCUT2D eigenvalue weighted by Gasteiger charge is 2.50. The van der Waals surface area contributed by atoms with Crippen LogP contribution in [0.3, 0.4) is 0 Å². The lowest BCUT2D eigenvalue weighted by Crippen LogP contribution is -2.47. The molecule has 1 heterocycles. The predicted molar refractivity (Wildman–Crippen MR) is 101 cm³/mol. The minimum absolute atomic E-state index is 0.0931. The number of fused-ring (bicyclic) bond motifs is 1. The third kappa shape index (κ3) is 4.12. The molecule has 0 saturated heterocycles. The summed E-state index contributed by atoms with van der Waals surface area (Å²) in [7, 11) is 1.49. The van der Waals surface area contributed by atoms with E-state index in [0.29, 0.717) is 16.5 Å². The van der Waals surface area contributed by atoms with E-state index in [1.165, 1.54) is 19.2 Å². The fourth-order valence-corrected chi connectivity index (χ4v) is 3.48. The molecule has 1 aliphatic heterocycles. The summed E-state index contributed by atoms with van der Waals surface area (Å²) < 4.78 is 50.8. The maximum absolute atomic E-state index is 13.3. The second-order valence-electron chi connectivity index (χ2n) is 6.05. The highest BCUT2D eigenvalue weighted by molar-refractivity contribution is 9.10. The van der Waals surface area contributed by atoms with Gasteiger partial charge >= 0.3 is 12.1 Å². The average Bonchev–Trinajstić information content (AvgIpc) is 2.60. The lowest BCUT2D eigenvalue weighted by atomic mass is 9.97. The molecule has 4 nitrogen and oxygen atoms in total. The molecule has 28 heavy (non-hydrogen) atoms. The summed E-state index contributed by atoms with van der Waals surface area (Å²) in [6.45, 7) is 0. The van der Waals surface area contributed by atoms with Crippen LogP contribution < -0.4 is 19.9 Å². The summed E-state index contributed by atoms with van der Waals surface area (Å²) in [6, 6.07) is 8.01. The SMILES string of the molecule is COc1ccc(Br)cc1C=c1cc2c(cc1Cl)=CC(C(=O)O)C(C(F)(F)F)O2. The summed E-state index contributed by atoms with van der Waals surface area (Å²) in [4.78, 5) is 11.2. The third-order valence-electron chi connectivity index (χ3n) is 4.18. The number of halogens is 5. The van der Waals surface area contributed by atoms with Crippen molar-refractivity contribution in [3.05, 3.63) is 55.8 Å². The van der Waals surface area contributed by atoms with E-state index in [0.717, 1.165) is 10.5 Å². The van der Waals surface area contributed by atoms with Gasteiger partial charge in [-0.05, 0) is 41.6 Å². The first-order valence-electron chi connectivity index (χ1n) is 7.93. The zero-order valence-electron chi connectivity index (χ0n) is 14.3. The molecule has 0 aliphatic carbocycles. The number of carbonyl (C=O) groups is 1. The largest absolute Gasteiger partial charge is 0.496 e. The van der Waals surface area contributed by atoms with Gasteiger partial charge in [0.25, 0.3) is 0 Å². The van der Waals surface area contributed by atoms with Crippen molar-refractivity contribution >= 4 is 45.7 Å². The topological polar surface area (TPSA) is 55.8 Å². The van der Waals surface area contributed by atoms with Crippen LogP contribution in [0.5, 0.6) is 11.5 Å². The van der Waals surface area contributed by atoms with Crippen LogP contribution >= 0.6 is 27.5 Å². The lowest BCUT2D eigenvalue weighted by molar-refractivity contribution is -0.209. The first-order valence-corrected chi connectivity index (χ1v) is 9.10. The standard InChI is InChI=1S/C19H13BrClF3O4/c1-27-15-3-2-12(20)5-10(15)4-9-8-16-11(7-14(9)21)6-13(18(25)26)17(28-16)19(22,23)24/h2-8,13,17H,1H3,(H,25,26). The van der Waals surface area contributed by atoms with Crippen molar-refractivity contribution in [1.82, 2.24) is 0 Å². The molecule has 0 bridgehead atoms. The molecule has 1 N–H and O–H groups in total. The Labute approximate surface area is 171 Å². The molecule has 0 amide bonds. The second kappa shape index (κ2) is 7.67. The van der Waals surface area contributed by atoms with Crippen LogP contribution in [0.4, 0.5) is 13.2 Å². The van der Waals surface area contributed by atoms with Gasteiger partial charge in [-0.3, -0.25) is 4.79 Å². The number of benzene rings is 2. The Bertz CT molecular complexity index is 1050. The predicted octanol–water partition coefficient (Wildman–Crippen LogP) is 3.74. The molecule has 2 unspecified atom stereocenters. The average molecular weight is 478 g/mol. The Hall–Kier alpha value is -2.19. The molecule has 0 spiro atoms. The first kappa shape index (κ1) is 20.5. The van der Waals surface area contributed by atoms with Crippen LogP contribution in [-0.2, 0) is 4.79 Å². The zero-order valence-corrected chi connectivity index (χ0v) is 16.6. The van der Waals surface area contributed by atoms with E-state index in [9.17, 15) is 18.0 Å². The summed E-state index contributed by atoms with van der Waals surface area (Å²) in [5, 5.41) is 9.96. The number of aliphatic carboxylic acids is 1. The van der Waals surface area contributed by atoms with E-state index in [4.69, 9.17) is 26.2 Å². The first-order chi connectivity index (χ1) is 13.1. The number of carboxylic acid groups (broad SMARTS) is 1. The van der Waals surface area contributed by atoms with Crippen LogP contribution in [0.2, 0.25) is 5.02 Å². The smallest absolute Gasteiger partial charge is 0.426 e. The molecule has 2 aromatic rings. The quantitative estimate of drug-likeness (QED) is 0.732. The molecule has 3 rings (SSSR count). The normalized spacial score (nSPS) is 19.4. The van der Waals surface area contributed by atoms with Gasteiger partial charge in [0.15, 0.2) is 0 Å². The Morgan fingerprint density at radius 2 is 2.04 bits per heavy atom. The van der Waals surface area contributed by atoms with E-state index >= 15 is 0 Å². The summed E-state index contributed by atoms with van der Waals surface area (Å²) >= 11 is 9.62. The van der Waals surface area contributed by atoms with Crippen molar-refractivity contribution in [3.8, 4) is 11.5 Å². The highest BCUT2D eigenvalue weighted by Crippen LogP contribution is 2.32. The van der Waals surface area contributed by atoms with Gasteiger partial charge in [0.2, 0.25) is 6.10 Å². The van der Waals surface area contributed by atoms with Gasteiger partial charge in [0.05, 0.1) is 7.11 Å². The highest BCUT2D eigenvalue weighted by atomic mass is 79.9. The number of hydrogen-bond donors (Lipinski definition) is 1. The van der Waals surface area contributed by atoms with Crippen LogP contribution in [0.15, 0.2) is 34.8 Å². The van der Waals surface area contributed by atoms with Gasteiger partial charge in [0, 0.05) is 20.3 Å². The molecular formula is C19H13BrClF3O4. The van der Waals surface area contributed by atoms with Crippen molar-refractivity contribution in [3.63, 3.8) is 0 Å². The Kier molecular flexibility index (Phi) is 5.63. The summed E-state index contributed by atoms with van der Waals surface area (Å²) in [5.74, 6) is -3.03. The van der Waals surface area contributed by atoms with Crippen LogP contribution in [0.25, 0.3) is 12.2 Å². The fourth-order valence-electron chi connectivity index (χ4n) is 2.88. The summed E-state index contributed by atoms with van der Waals surface area (Å²) in [5.41, 5.74) is 0.647. The molecule has 2 atom stereocenters. The number of alkyl halides is 3. The molecule has 0 radical (unpaired) electrons. The minimum atomic E-state index is -4.84. The Morgan fingerprint density at radius 3 is 2.64 bits per heavy atom. The van der Waals surface area contributed by atoms with E-state index in [-0.39, 0.29) is 16.0 Å². The monoisotopic (exact) mass is 476 g/mol. The number of ether oxygens (including phenoxy) is 2. The molecule has 0 aromatic heterocycles. The van der Waals surface area contributed by atoms with Crippen LogP contribution in [0.1, 0.15) is 5.56 Å². The third-order valence-corrected chi connectivity index (χ3v) is 5.00. The number of carboxylic acids is 1. The van der Waals surface area contributed by atoms with Gasteiger partial charge in [-0.15, -0.1) is 0 Å². The van der Waals surface area contributed by atoms with Gasteiger partial charge in [-0.25, -0.2) is 0 Å². The van der Waals surface area contributed by atoms with Gasteiger partial charge in [-0.1, -0.05) is 33.6 Å². The molecule has 148 valence electrons. The Morgan fingerprint density at radius 1 is 1.32 bits per heavy atom. The van der Waals surface area contributed by atoms with E-state index < -0.39 is 24.2 Å². The van der Waals surface area contributed by atoms with E-state index in [1.807, 2.05) is 0 Å². The fraction of sp³-hybridized carbons (Fsp3) is 0.211. The zero-order chi connectivity index (χ0) is 20.6. The molecule has 2 aromatic carbocycles. The number of hydrogen-bond acceptors (Lipinski definition) is 3. The van der Waals surface area contributed by atoms with Gasteiger partial charge in [-0.2, -0.15) is 13.2 Å². The lowest BCUT2D eigenvalue weighted by Gasteiger charge is -2.28. The van der Waals surface area contributed by atoms with Crippen molar-refractivity contribution in [1.29, 1.82) is 0 Å². The van der Waals surface area contributed by atoms with E-state index in [1.54, 1.807) is 24.3 Å². The van der Waals surface area contributed by atoms with Crippen molar-refractivity contribution in [2.75, 3.05) is 7.11 Å². The van der Waals surface area contributed by atoms with Crippen LogP contribution in [0, 0.1) is 5.92 Å². The Balaban J connectivity index is 2.17. The molecule has 0 fully saturated rings. The van der Waals surface area contributed by atoms with E-state index in [2.05, 4.69) is 15.9 Å².